The summed E-state index contributed by atoms with van der Waals surface area (Å²) in [7, 11) is 1.68. The molecule has 1 N–H and O–H groups in total. The van der Waals surface area contributed by atoms with Gasteiger partial charge in [-0.2, -0.15) is 0 Å². The molecule has 184 valence electrons. The monoisotopic (exact) mass is 525 g/mol. The summed E-state index contributed by atoms with van der Waals surface area (Å²) in [6.45, 7) is 0.151. The summed E-state index contributed by atoms with van der Waals surface area (Å²) >= 11 is 8.97. The van der Waals surface area contributed by atoms with Crippen molar-refractivity contribution < 1.29 is 14.6 Å². The lowest BCUT2D eigenvalue weighted by Crippen LogP contribution is -2.57. The largest absolute Gasteiger partial charge is 0.497 e. The Labute approximate surface area is 220 Å². The zero-order valence-corrected chi connectivity index (χ0v) is 22.4. The first-order valence-electron chi connectivity index (χ1n) is 12.7. The number of amides is 1. The molecule has 4 bridgehead atoms. The molecule has 1 amide bonds. The van der Waals surface area contributed by atoms with Crippen LogP contribution in [0.15, 0.2) is 35.2 Å². The van der Waals surface area contributed by atoms with Gasteiger partial charge in [-0.3, -0.25) is 9.69 Å². The lowest BCUT2D eigenvalue weighted by molar-refractivity contribution is -0.130. The maximum Gasteiger partial charge on any atom is 0.266 e. The van der Waals surface area contributed by atoms with E-state index < -0.39 is 0 Å². The quantitative estimate of drug-likeness (QED) is 0.336. The lowest BCUT2D eigenvalue weighted by Gasteiger charge is -2.56. The van der Waals surface area contributed by atoms with E-state index in [0.29, 0.717) is 24.3 Å². The Balaban J connectivity index is 1.30. The van der Waals surface area contributed by atoms with Crippen LogP contribution in [0, 0.1) is 23.7 Å². The highest BCUT2D eigenvalue weighted by atomic mass is 32.2. The molecule has 4 saturated carbocycles. The third kappa shape index (κ3) is 4.39. The molecule has 1 aliphatic heterocycles. The van der Waals surface area contributed by atoms with E-state index in [2.05, 4.69) is 18.2 Å². The van der Waals surface area contributed by atoms with Crippen LogP contribution in [0.4, 0.5) is 0 Å². The Morgan fingerprint density at radius 3 is 2.57 bits per heavy atom. The first kappa shape index (κ1) is 23.7. The summed E-state index contributed by atoms with van der Waals surface area (Å²) in [6, 6.07) is 10.6. The zero-order valence-electron chi connectivity index (χ0n) is 19.9. The Morgan fingerprint density at radius 1 is 1.14 bits per heavy atom. The molecule has 2 heterocycles. The van der Waals surface area contributed by atoms with Crippen LogP contribution in [0.25, 0.3) is 16.5 Å². The molecule has 5 fully saturated rings. The average Bonchev–Trinajstić information content (AvgIpc) is 3.38. The lowest BCUT2D eigenvalue weighted by atomic mass is 9.54. The molecular weight excluding hydrogens is 495 g/mol. The van der Waals surface area contributed by atoms with Crippen molar-refractivity contribution in [1.29, 1.82) is 0 Å². The van der Waals surface area contributed by atoms with Gasteiger partial charge in [-0.05, 0) is 104 Å². The van der Waals surface area contributed by atoms with Gasteiger partial charge in [0.2, 0.25) is 0 Å². The SMILES string of the molecule is COc1cccc(-c2cc(CCCO)c(/C=C3\SC(=S)N(C4C5CC6CC(C5)CC4C6)C3=O)s2)c1. The molecule has 5 aliphatic rings. The number of thiophene rings is 1. The zero-order chi connectivity index (χ0) is 24.1. The molecule has 0 radical (unpaired) electrons. The molecule has 1 aromatic carbocycles. The molecular formula is C28H31NO3S3. The number of thiocarbonyl (C=S) groups is 1. The third-order valence-corrected chi connectivity index (χ3v) is 10.9. The smallest absolute Gasteiger partial charge is 0.266 e. The highest BCUT2D eigenvalue weighted by Gasteiger charge is 2.53. The summed E-state index contributed by atoms with van der Waals surface area (Å²) in [5, 5.41) is 9.44. The summed E-state index contributed by atoms with van der Waals surface area (Å²) in [6.07, 6.45) is 10.0. The van der Waals surface area contributed by atoms with Crippen LogP contribution in [0.1, 0.15) is 49.0 Å². The number of aliphatic hydroxyl groups excluding tert-OH is 1. The highest BCUT2D eigenvalue weighted by molar-refractivity contribution is 8.26. The van der Waals surface area contributed by atoms with Crippen LogP contribution in [-0.4, -0.2) is 40.0 Å². The fourth-order valence-electron chi connectivity index (χ4n) is 7.12. The predicted octanol–water partition coefficient (Wildman–Crippen LogP) is 6.37. The summed E-state index contributed by atoms with van der Waals surface area (Å²) in [5.74, 6) is 3.91. The maximum atomic E-state index is 13.7. The molecule has 7 heteroatoms. The van der Waals surface area contributed by atoms with Crippen LogP contribution in [0.3, 0.4) is 0 Å². The number of hydrogen-bond acceptors (Lipinski definition) is 6. The number of rotatable bonds is 7. The number of methoxy groups -OCH3 is 1. The van der Waals surface area contributed by atoms with Crippen LogP contribution in [0.5, 0.6) is 5.75 Å². The van der Waals surface area contributed by atoms with E-state index in [1.165, 1.54) is 49.4 Å². The van der Waals surface area contributed by atoms with E-state index >= 15 is 0 Å². The minimum absolute atomic E-state index is 0.0990. The van der Waals surface area contributed by atoms with E-state index in [9.17, 15) is 9.90 Å². The molecule has 35 heavy (non-hydrogen) atoms. The van der Waals surface area contributed by atoms with Crippen molar-refractivity contribution in [2.24, 2.45) is 23.7 Å². The van der Waals surface area contributed by atoms with Crippen LogP contribution in [-0.2, 0) is 11.2 Å². The molecule has 7 rings (SSSR count). The van der Waals surface area contributed by atoms with Crippen LogP contribution >= 0.6 is 35.3 Å². The van der Waals surface area contributed by atoms with Crippen molar-refractivity contribution in [2.45, 2.75) is 51.0 Å². The van der Waals surface area contributed by atoms with Crippen molar-refractivity contribution in [3.05, 3.63) is 45.7 Å². The number of hydrogen-bond donors (Lipinski definition) is 1. The van der Waals surface area contributed by atoms with E-state index in [4.69, 9.17) is 17.0 Å². The van der Waals surface area contributed by atoms with Gasteiger partial charge in [0.1, 0.15) is 10.1 Å². The summed E-state index contributed by atoms with van der Waals surface area (Å²) in [4.78, 5) is 18.7. The molecule has 1 saturated heterocycles. The summed E-state index contributed by atoms with van der Waals surface area (Å²) < 4.78 is 6.15. The number of aliphatic hydroxyl groups is 1. The van der Waals surface area contributed by atoms with Crippen molar-refractivity contribution in [2.75, 3.05) is 13.7 Å². The minimum Gasteiger partial charge on any atom is -0.497 e. The number of ether oxygens (including phenoxy) is 1. The van der Waals surface area contributed by atoms with Gasteiger partial charge in [-0.1, -0.05) is 36.1 Å². The second-order valence-corrected chi connectivity index (χ2v) is 13.3. The highest BCUT2D eigenvalue weighted by Crippen LogP contribution is 2.56. The fourth-order valence-corrected chi connectivity index (χ4v) is 9.68. The van der Waals surface area contributed by atoms with Gasteiger partial charge in [0.05, 0.1) is 12.0 Å². The fraction of sp³-hybridized carbons (Fsp3) is 0.500. The molecule has 0 atom stereocenters. The molecule has 2 aromatic rings. The first-order valence-corrected chi connectivity index (χ1v) is 14.7. The Kier molecular flexibility index (Phi) is 6.54. The number of carbonyl (C=O) groups is 1. The van der Waals surface area contributed by atoms with Crippen molar-refractivity contribution in [1.82, 2.24) is 4.90 Å². The number of carbonyl (C=O) groups excluding carboxylic acids is 1. The van der Waals surface area contributed by atoms with Gasteiger partial charge in [0.15, 0.2) is 0 Å². The van der Waals surface area contributed by atoms with E-state index in [0.717, 1.165) is 48.5 Å². The van der Waals surface area contributed by atoms with Crippen molar-refractivity contribution >= 4 is 51.6 Å². The third-order valence-electron chi connectivity index (χ3n) is 8.36. The van der Waals surface area contributed by atoms with Gasteiger partial charge in [-0.25, -0.2) is 0 Å². The first-order chi connectivity index (χ1) is 17.0. The maximum absolute atomic E-state index is 13.7. The van der Waals surface area contributed by atoms with Gasteiger partial charge >= 0.3 is 0 Å². The number of thioether (sulfide) groups is 1. The number of nitrogens with zero attached hydrogens (tertiary/aromatic N) is 1. The number of aryl methyl sites for hydroxylation is 1. The van der Waals surface area contributed by atoms with Crippen molar-refractivity contribution in [3.63, 3.8) is 0 Å². The average molecular weight is 526 g/mol. The molecule has 4 aliphatic carbocycles. The van der Waals surface area contributed by atoms with Gasteiger partial charge in [0.25, 0.3) is 5.91 Å². The second kappa shape index (κ2) is 9.66. The van der Waals surface area contributed by atoms with Gasteiger partial charge < -0.3 is 9.84 Å². The predicted molar refractivity (Wildman–Crippen MR) is 148 cm³/mol. The Morgan fingerprint density at radius 2 is 1.89 bits per heavy atom. The van der Waals surface area contributed by atoms with Crippen molar-refractivity contribution in [3.8, 4) is 16.2 Å². The molecule has 4 nitrogen and oxygen atoms in total. The molecule has 0 spiro atoms. The topological polar surface area (TPSA) is 49.8 Å². The standard InChI is InChI=1S/C28H31NO3S3/c1-32-22-6-2-4-18(13-22)23-14-19(5-3-7-30)24(34-23)15-25-27(31)29(28(33)35-25)26-20-9-16-8-17(11-20)12-21(26)10-16/h2,4,6,13-17,20-21,26,30H,3,5,7-12H2,1H3/b25-15-. The normalized spacial score (nSPS) is 30.6. The molecule has 0 unspecified atom stereocenters. The summed E-state index contributed by atoms with van der Waals surface area (Å²) in [5.41, 5.74) is 2.27. The van der Waals surface area contributed by atoms with Crippen LogP contribution in [0.2, 0.25) is 0 Å². The number of benzene rings is 1. The van der Waals surface area contributed by atoms with E-state index in [1.807, 2.05) is 23.1 Å². The van der Waals surface area contributed by atoms with Crippen LogP contribution < -0.4 is 4.74 Å². The van der Waals surface area contributed by atoms with E-state index in [1.54, 1.807) is 18.4 Å². The van der Waals surface area contributed by atoms with Gasteiger partial charge in [-0.15, -0.1) is 11.3 Å². The van der Waals surface area contributed by atoms with E-state index in [-0.39, 0.29) is 12.5 Å². The Bertz CT molecular complexity index is 1160. The Hall–Kier alpha value is -1.67. The second-order valence-electron chi connectivity index (χ2n) is 10.5. The van der Waals surface area contributed by atoms with Gasteiger partial charge in [0, 0.05) is 22.4 Å². The minimum atomic E-state index is 0.0990. The molecule has 1 aromatic heterocycles.